The summed E-state index contributed by atoms with van der Waals surface area (Å²) in [6.07, 6.45) is -6.26. The molecule has 1 aliphatic carbocycles. The topological polar surface area (TPSA) is 844 Å². The van der Waals surface area contributed by atoms with Gasteiger partial charge in [-0.15, -0.1) is 0 Å². The number of guanidine groups is 1. The van der Waals surface area contributed by atoms with Crippen LogP contribution in [0.4, 0.5) is 11.4 Å². The van der Waals surface area contributed by atoms with Gasteiger partial charge in [0.15, 0.2) is 28.0 Å². The Morgan fingerprint density at radius 2 is 1.18 bits per heavy atom. The van der Waals surface area contributed by atoms with Crippen molar-refractivity contribution in [2.24, 2.45) is 5.73 Å². The Hall–Kier alpha value is -15.6. The van der Waals surface area contributed by atoms with E-state index in [2.05, 4.69) is 90.4 Å². The standard InChI is InChI=1S/C91H122N22O32S/c1-45(118)75-86(139)94-28-6-4-13-56(78(131)103-59(16-11-33-112(144)44-117)82(135)109-76(46(2)119)87(140)110-75)102-79(132)58(15-10-32-111(143)43-116)105-83(136)61(41-114)106-80(133)57(14-9-30-95-89(92)93)104-84(137)62(42-115)107-85(138)63-27-31-98-91(3)69(35-47-34-65(122)66(123)39-64(47)113(63)91)108-71(125)18-8-17-70(124)100-60(25-26-72(126)127)81(134)101-55(77(130)97-40-73(128)129)12-5-7-29-96-90(146)99-48-19-22-51(54(36-48)88(141)142)74-52-23-20-49(120)37-67(52)145-68-38-50(121)21-24-53(68)74/h19-24,34-39,43-46,55-63,75-76,98,114-115,118-120,122-123,143-144H,4-18,25-33,40-42H2,1-3H3,(H,94,139)(H,97,130)(H,100,124)(H,101,134)(H,102,132)(H,103,131)(H,104,137)(H,105,136)(H,106,133)(H,107,138)(H,108,125)(H,109,135)(H,110,140)(H,126,127)(H,128,129)(H,141,142)(H4,92,93,95)(H2,96,99,146). The zero-order valence-electron chi connectivity index (χ0n) is 79.5. The van der Waals surface area contributed by atoms with Crippen LogP contribution >= 0.6 is 12.2 Å². The number of hydrogen-bond acceptors (Lipinski definition) is 33. The smallest absolute Gasteiger partial charge is 0.336 e. The lowest BCUT2D eigenvalue weighted by Gasteiger charge is -2.54. The number of nitrogens with zero attached hydrogens (tertiary/aromatic N) is 3. The molecule has 0 radical (unpaired) electrons. The Kier molecular flexibility index (Phi) is 43.8. The van der Waals surface area contributed by atoms with Gasteiger partial charge in [-0.25, -0.2) is 14.9 Å². The number of thiocarbonyl (C=S) groups is 1. The van der Waals surface area contributed by atoms with Crippen LogP contribution in [-0.2, 0) is 81.5 Å². The number of aliphatic carboxylic acids is 2. The van der Waals surface area contributed by atoms with Gasteiger partial charge < -0.3 is 151 Å². The molecule has 55 heteroatoms. The molecule has 8 rings (SSSR count). The number of benzene rings is 4. The van der Waals surface area contributed by atoms with E-state index in [-0.39, 0.29) is 188 Å². The molecule has 54 nitrogen and oxygen atoms in total. The van der Waals surface area contributed by atoms with Crippen LogP contribution in [0.15, 0.2) is 81.6 Å². The number of aliphatic hydroxyl groups excluding tert-OH is 4. The number of nitrogens with two attached hydrogens (primary N) is 1. The predicted octanol–water partition coefficient (Wildman–Crippen LogP) is -5.46. The Bertz CT molecular complexity index is 5690. The van der Waals surface area contributed by atoms with Crippen LogP contribution in [0.2, 0.25) is 0 Å². The second-order valence-corrected chi connectivity index (χ2v) is 35.2. The molecule has 0 saturated carbocycles. The number of rotatable bonds is 50. The molecule has 794 valence electrons. The van der Waals surface area contributed by atoms with E-state index >= 15 is 0 Å². The zero-order chi connectivity index (χ0) is 108. The average Bonchev–Trinajstić information content (AvgIpc) is 0.718. The maximum atomic E-state index is 14.9. The number of amides is 15. The highest BCUT2D eigenvalue weighted by Crippen LogP contribution is 2.46. The van der Waals surface area contributed by atoms with Gasteiger partial charge in [0.25, 0.3) is 0 Å². The number of nitrogens with one attached hydrogen (secondary N) is 18. The molecule has 2 saturated heterocycles. The van der Waals surface area contributed by atoms with Crippen molar-refractivity contribution in [2.45, 2.75) is 221 Å². The van der Waals surface area contributed by atoms with Gasteiger partial charge in [-0.3, -0.25) is 107 Å². The molecule has 3 aromatic carbocycles. The number of aromatic carboxylic acids is 1. The number of phenols is 3. The van der Waals surface area contributed by atoms with Crippen molar-refractivity contribution in [3.8, 4) is 39.7 Å². The Balaban J connectivity index is 0.908. The number of carbonyl (C=O) groups is 18. The molecule has 5 aliphatic rings. The van der Waals surface area contributed by atoms with Crippen molar-refractivity contribution in [2.75, 3.05) is 69.2 Å². The number of fused-ring (bicyclic) bond motifs is 5. The molecule has 15 amide bonds. The van der Waals surface area contributed by atoms with Crippen molar-refractivity contribution >= 4 is 159 Å². The summed E-state index contributed by atoms with van der Waals surface area (Å²) in [5.74, 6) is -20.0. The molecule has 32 N–H and O–H groups in total. The summed E-state index contributed by atoms with van der Waals surface area (Å²) >= 11 is 5.51. The van der Waals surface area contributed by atoms with Gasteiger partial charge in [0.05, 0.1) is 42.4 Å². The largest absolute Gasteiger partial charge is 0.508 e. The number of aromatic hydroxyl groups is 3. The lowest BCUT2D eigenvalue weighted by molar-refractivity contribution is -0.150. The van der Waals surface area contributed by atoms with Crippen LogP contribution in [-0.4, -0.2) is 334 Å². The first-order chi connectivity index (χ1) is 69.3. The average molecular weight is 2070 g/mol. The number of hydrogen-bond donors (Lipinski definition) is 31. The molecule has 14 unspecified atom stereocenters. The van der Waals surface area contributed by atoms with Gasteiger partial charge >= 0.3 is 17.9 Å². The normalized spacial score (nSPS) is 18.6. The number of carboxylic acid groups (broad SMARTS) is 3. The number of phenolic OH excluding ortho intramolecular Hbond substituents is 3. The van der Waals surface area contributed by atoms with E-state index in [1.807, 2.05) is 0 Å². The van der Waals surface area contributed by atoms with Gasteiger partial charge in [-0.05, 0) is 183 Å². The van der Waals surface area contributed by atoms with Crippen LogP contribution in [0.3, 0.4) is 0 Å². The quantitative estimate of drug-likeness (QED) is 0.00199. The SMILES string of the molecule is CC(O)C1NC(=O)C(CCCN(O)C=O)NC(=O)C(NC(=O)C(CCCN(O)C=O)NC(=O)C(CO)NC(=O)C(CCCNC(=N)N)NC(=O)C(CO)NC(=O)C2CCNC3(C)C(NC(=O)CCCC(=O)NC(CCC(=O)O)C(=O)NC(CCCCNC(=S)Nc4ccc(-c5c6ccc(=O)cc-6oc6cc(O)ccc56)c(C(=O)O)c4)C(=O)NCC(=O)O)=Cc4cc(O)c(O)cc4N23)CCCCNC(=O)C(C(C)O)NC1=O. The molecule has 14 atom stereocenters. The van der Waals surface area contributed by atoms with Crippen molar-refractivity contribution in [1.29, 1.82) is 5.41 Å². The van der Waals surface area contributed by atoms with E-state index in [0.29, 0.717) is 16.5 Å². The van der Waals surface area contributed by atoms with Gasteiger partial charge in [0, 0.05) is 104 Å². The fourth-order valence-electron chi connectivity index (χ4n) is 16.2. The first-order valence-corrected chi connectivity index (χ1v) is 46.9. The lowest BCUT2D eigenvalue weighted by Crippen LogP contribution is -2.72. The number of carbonyl (C=O) groups excluding carboxylic acids is 15. The fourth-order valence-corrected chi connectivity index (χ4v) is 16.5. The minimum Gasteiger partial charge on any atom is -0.508 e. The number of unbranched alkanes of at least 4 members (excludes halogenated alkanes) is 1. The first kappa shape index (κ1) is 116. The third-order valence-corrected chi connectivity index (χ3v) is 24.0. The molecular formula is C91H122N22O32S. The van der Waals surface area contributed by atoms with Crippen molar-refractivity contribution in [1.82, 2.24) is 95.2 Å². The second-order valence-electron chi connectivity index (χ2n) is 34.8. The Labute approximate surface area is 837 Å². The summed E-state index contributed by atoms with van der Waals surface area (Å²) < 4.78 is 5.92. The highest BCUT2D eigenvalue weighted by molar-refractivity contribution is 7.80. The van der Waals surface area contributed by atoms with Crippen molar-refractivity contribution in [3.05, 3.63) is 93.8 Å². The highest BCUT2D eigenvalue weighted by Gasteiger charge is 2.50. The van der Waals surface area contributed by atoms with Gasteiger partial charge in [-0.1, -0.05) is 6.07 Å². The zero-order valence-corrected chi connectivity index (χ0v) is 80.4. The summed E-state index contributed by atoms with van der Waals surface area (Å²) in [6, 6.07) is -4.04. The highest BCUT2D eigenvalue weighted by atomic mass is 32.1. The maximum Gasteiger partial charge on any atom is 0.336 e. The minimum atomic E-state index is -2.04. The van der Waals surface area contributed by atoms with E-state index in [1.54, 1.807) is 12.1 Å². The minimum absolute atomic E-state index is 0.00566. The summed E-state index contributed by atoms with van der Waals surface area (Å²) in [4.78, 5) is 257. The summed E-state index contributed by atoms with van der Waals surface area (Å²) in [6.45, 7) is -0.636. The lowest BCUT2D eigenvalue weighted by atomic mass is 9.88. The Morgan fingerprint density at radius 3 is 1.82 bits per heavy atom. The maximum absolute atomic E-state index is 14.9. The Morgan fingerprint density at radius 1 is 0.589 bits per heavy atom. The summed E-state index contributed by atoms with van der Waals surface area (Å²) in [5, 5.41) is 176. The number of anilines is 2. The van der Waals surface area contributed by atoms with E-state index in [4.69, 9.17) is 27.8 Å². The van der Waals surface area contributed by atoms with Crippen molar-refractivity contribution in [3.63, 3.8) is 0 Å². The molecule has 0 bridgehead atoms. The van der Waals surface area contributed by atoms with Crippen LogP contribution in [0.1, 0.15) is 152 Å². The molecular weight excluding hydrogens is 1950 g/mol. The van der Waals surface area contributed by atoms with Gasteiger partial charge in [-0.2, -0.15) is 0 Å². The van der Waals surface area contributed by atoms with E-state index in [0.717, 1.165) is 19.1 Å². The number of carboxylic acids is 3. The van der Waals surface area contributed by atoms with Crippen molar-refractivity contribution < 1.29 is 152 Å². The predicted molar refractivity (Wildman–Crippen MR) is 516 cm³/mol. The van der Waals surface area contributed by atoms with Gasteiger partial charge in [0.2, 0.25) is 89.6 Å². The number of hydroxylamine groups is 4. The van der Waals surface area contributed by atoms with E-state index in [1.165, 1.54) is 67.3 Å². The van der Waals surface area contributed by atoms with Crippen LogP contribution in [0, 0.1) is 5.41 Å². The third kappa shape index (κ3) is 33.5. The molecule has 3 aromatic rings. The summed E-state index contributed by atoms with van der Waals surface area (Å²) in [5.41, 5.74) is 4.86. The van der Waals surface area contributed by atoms with E-state index in [9.17, 15) is 153 Å². The van der Waals surface area contributed by atoms with Crippen LogP contribution in [0.5, 0.6) is 17.2 Å². The molecule has 4 aliphatic heterocycles. The molecule has 0 aromatic heterocycles. The van der Waals surface area contributed by atoms with Gasteiger partial charge in [0.1, 0.15) is 95.8 Å². The molecule has 146 heavy (non-hydrogen) atoms. The van der Waals surface area contributed by atoms with Crippen LogP contribution < -0.4 is 106 Å². The van der Waals surface area contributed by atoms with Crippen LogP contribution in [0.25, 0.3) is 39.5 Å². The molecule has 4 heterocycles. The third-order valence-electron chi connectivity index (χ3n) is 23.8. The van der Waals surface area contributed by atoms with E-state index < -0.39 is 268 Å². The molecule has 0 spiro atoms. The number of aliphatic hydroxyl groups is 4. The first-order valence-electron chi connectivity index (χ1n) is 46.5. The molecule has 2 fully saturated rings. The second kappa shape index (κ2) is 55.3. The summed E-state index contributed by atoms with van der Waals surface area (Å²) in [7, 11) is 0. The monoisotopic (exact) mass is 2070 g/mol. The fraction of sp³-hybridized carbons (Fsp3) is 0.484.